The Morgan fingerprint density at radius 2 is 2.19 bits per heavy atom. The number of non-ortho nitro benzene ring substituents is 1. The van der Waals surface area contributed by atoms with Gasteiger partial charge in [0, 0.05) is 23.9 Å². The second-order valence-electron chi connectivity index (χ2n) is 5.02. The van der Waals surface area contributed by atoms with Gasteiger partial charge in [-0.2, -0.15) is 5.10 Å². The van der Waals surface area contributed by atoms with E-state index in [9.17, 15) is 14.9 Å². The summed E-state index contributed by atoms with van der Waals surface area (Å²) in [5.74, 6) is -0.209. The van der Waals surface area contributed by atoms with Crippen LogP contribution in [0.4, 0.5) is 5.69 Å². The second kappa shape index (κ2) is 8.96. The fraction of sp³-hybridized carbons (Fsp3) is 0.0625. The summed E-state index contributed by atoms with van der Waals surface area (Å²) in [6.45, 7) is 0. The average molecular weight is 400 g/mol. The molecule has 3 rings (SSSR count). The van der Waals surface area contributed by atoms with Crippen LogP contribution in [0, 0.1) is 10.1 Å². The maximum Gasteiger partial charge on any atom is 0.270 e. The van der Waals surface area contributed by atoms with Crippen LogP contribution in [-0.2, 0) is 4.79 Å². The zero-order valence-electron chi connectivity index (χ0n) is 13.7. The number of amides is 1. The number of hydrogen-bond acceptors (Lipinski definition) is 9. The van der Waals surface area contributed by atoms with Gasteiger partial charge in [-0.3, -0.25) is 19.9 Å². The molecule has 0 spiro atoms. The lowest BCUT2D eigenvalue weighted by Crippen LogP contribution is -2.19. The van der Waals surface area contributed by atoms with Crippen LogP contribution in [0.25, 0.3) is 10.7 Å². The Morgan fingerprint density at radius 3 is 2.96 bits per heavy atom. The molecule has 27 heavy (non-hydrogen) atoms. The lowest BCUT2D eigenvalue weighted by atomic mass is 10.2. The van der Waals surface area contributed by atoms with Crippen molar-refractivity contribution in [3.8, 4) is 10.7 Å². The Labute approximate surface area is 161 Å². The normalized spacial score (nSPS) is 10.8. The Morgan fingerprint density at radius 1 is 1.30 bits per heavy atom. The molecule has 0 radical (unpaired) electrons. The van der Waals surface area contributed by atoms with E-state index in [0.717, 1.165) is 5.69 Å². The Balaban J connectivity index is 1.49. The quantitative estimate of drug-likeness (QED) is 0.280. The molecule has 3 aromatic rings. The van der Waals surface area contributed by atoms with Crippen molar-refractivity contribution in [2.24, 2.45) is 5.10 Å². The average Bonchev–Trinajstić information content (AvgIpc) is 3.16. The molecule has 9 nitrogen and oxygen atoms in total. The summed E-state index contributed by atoms with van der Waals surface area (Å²) >= 11 is 2.59. The van der Waals surface area contributed by atoms with Gasteiger partial charge in [-0.15, -0.1) is 10.2 Å². The fourth-order valence-electron chi connectivity index (χ4n) is 1.92. The lowest BCUT2D eigenvalue weighted by molar-refractivity contribution is -0.384. The van der Waals surface area contributed by atoms with Crippen LogP contribution in [0.5, 0.6) is 0 Å². The van der Waals surface area contributed by atoms with Gasteiger partial charge in [0.05, 0.1) is 16.9 Å². The van der Waals surface area contributed by atoms with E-state index in [1.165, 1.54) is 41.4 Å². The Hall–Kier alpha value is -3.18. The molecular formula is C16H12N6O3S2. The molecule has 0 aliphatic carbocycles. The number of carbonyl (C=O) groups is 1. The topological polar surface area (TPSA) is 123 Å². The first-order chi connectivity index (χ1) is 13.1. The highest BCUT2D eigenvalue weighted by Gasteiger charge is 2.10. The number of hydrogen-bond donors (Lipinski definition) is 1. The molecule has 1 amide bonds. The van der Waals surface area contributed by atoms with Crippen molar-refractivity contribution < 1.29 is 9.72 Å². The molecular weight excluding hydrogens is 388 g/mol. The van der Waals surface area contributed by atoms with Crippen LogP contribution in [0.2, 0.25) is 0 Å². The van der Waals surface area contributed by atoms with Gasteiger partial charge >= 0.3 is 0 Å². The fourth-order valence-corrected chi connectivity index (χ4v) is 3.54. The van der Waals surface area contributed by atoms with Gasteiger partial charge in [-0.25, -0.2) is 5.43 Å². The number of nitrogens with zero attached hydrogens (tertiary/aromatic N) is 5. The maximum atomic E-state index is 11.8. The van der Waals surface area contributed by atoms with Crippen LogP contribution >= 0.6 is 23.1 Å². The number of benzene rings is 1. The molecule has 0 saturated heterocycles. The summed E-state index contributed by atoms with van der Waals surface area (Å²) in [5.41, 5.74) is 3.58. The van der Waals surface area contributed by atoms with Gasteiger partial charge in [-0.1, -0.05) is 41.3 Å². The molecule has 0 aliphatic rings. The summed E-state index contributed by atoms with van der Waals surface area (Å²) in [6.07, 6.45) is 3.02. The minimum absolute atomic E-state index is 0.0409. The number of carbonyl (C=O) groups excluding carboxylic acids is 1. The van der Waals surface area contributed by atoms with E-state index in [2.05, 4.69) is 25.7 Å². The number of hydrazone groups is 1. The van der Waals surface area contributed by atoms with E-state index in [1.807, 2.05) is 18.2 Å². The lowest BCUT2D eigenvalue weighted by Gasteiger charge is -1.97. The van der Waals surface area contributed by atoms with Gasteiger partial charge in [0.2, 0.25) is 0 Å². The van der Waals surface area contributed by atoms with Crippen molar-refractivity contribution in [3.05, 3.63) is 64.3 Å². The first kappa shape index (κ1) is 18.6. The van der Waals surface area contributed by atoms with Crippen molar-refractivity contribution in [1.29, 1.82) is 0 Å². The summed E-state index contributed by atoms with van der Waals surface area (Å²) in [4.78, 5) is 26.3. The van der Waals surface area contributed by atoms with Crippen molar-refractivity contribution in [3.63, 3.8) is 0 Å². The minimum atomic E-state index is -0.492. The van der Waals surface area contributed by atoms with E-state index < -0.39 is 4.92 Å². The summed E-state index contributed by atoms with van der Waals surface area (Å²) in [7, 11) is 0. The van der Waals surface area contributed by atoms with E-state index in [1.54, 1.807) is 18.3 Å². The van der Waals surface area contributed by atoms with Crippen LogP contribution in [0.1, 0.15) is 5.56 Å². The summed E-state index contributed by atoms with van der Waals surface area (Å²) in [5, 5.41) is 23.3. The highest BCUT2D eigenvalue weighted by molar-refractivity contribution is 8.01. The molecule has 0 unspecified atom stereocenters. The third kappa shape index (κ3) is 5.39. The molecule has 2 aromatic heterocycles. The molecule has 136 valence electrons. The Bertz CT molecular complexity index is 977. The van der Waals surface area contributed by atoms with E-state index in [4.69, 9.17) is 0 Å². The van der Waals surface area contributed by atoms with Crippen LogP contribution in [0.3, 0.4) is 0 Å². The molecule has 11 heteroatoms. The van der Waals surface area contributed by atoms with Crippen LogP contribution in [-0.4, -0.2) is 38.0 Å². The zero-order chi connectivity index (χ0) is 19.1. The predicted octanol–water partition coefficient (Wildman–Crippen LogP) is 2.75. The van der Waals surface area contributed by atoms with Crippen LogP contribution in [0.15, 0.2) is 58.1 Å². The third-order valence-corrected chi connectivity index (χ3v) is 5.18. The largest absolute Gasteiger partial charge is 0.272 e. The number of nitro groups is 1. The number of pyridine rings is 1. The Kier molecular flexibility index (Phi) is 6.18. The van der Waals surface area contributed by atoms with Crippen molar-refractivity contribution in [2.75, 3.05) is 5.75 Å². The van der Waals surface area contributed by atoms with Crippen molar-refractivity contribution in [1.82, 2.24) is 20.6 Å². The van der Waals surface area contributed by atoms with Crippen LogP contribution < -0.4 is 5.43 Å². The van der Waals surface area contributed by atoms with E-state index in [0.29, 0.717) is 14.9 Å². The predicted molar refractivity (Wildman–Crippen MR) is 103 cm³/mol. The first-order valence-corrected chi connectivity index (χ1v) is 9.36. The number of thioether (sulfide) groups is 1. The molecule has 1 aromatic carbocycles. The number of nitrogens with one attached hydrogen (secondary N) is 1. The molecule has 2 heterocycles. The summed E-state index contributed by atoms with van der Waals surface area (Å²) in [6, 6.07) is 11.5. The molecule has 1 N–H and O–H groups in total. The minimum Gasteiger partial charge on any atom is -0.272 e. The van der Waals surface area contributed by atoms with E-state index >= 15 is 0 Å². The standard InChI is InChI=1S/C16H12N6O3S2/c23-14(19-18-9-11-4-3-5-12(8-11)22(24)25)10-26-16-21-20-15(27-16)13-6-1-2-7-17-13/h1-9H,10H2,(H,19,23)/b18-9-. The molecule has 0 saturated carbocycles. The van der Waals surface area contributed by atoms with Gasteiger partial charge in [0.25, 0.3) is 11.6 Å². The van der Waals surface area contributed by atoms with Crippen molar-refractivity contribution in [2.45, 2.75) is 4.34 Å². The highest BCUT2D eigenvalue weighted by Crippen LogP contribution is 2.27. The number of nitro benzene ring substituents is 1. The summed E-state index contributed by atoms with van der Waals surface area (Å²) < 4.78 is 0.647. The number of rotatable bonds is 7. The van der Waals surface area contributed by atoms with Gasteiger partial charge in [0.15, 0.2) is 9.35 Å². The first-order valence-electron chi connectivity index (χ1n) is 7.56. The van der Waals surface area contributed by atoms with Gasteiger partial charge in [0.1, 0.15) is 5.69 Å². The molecule has 0 bridgehead atoms. The molecule has 0 fully saturated rings. The van der Waals surface area contributed by atoms with E-state index in [-0.39, 0.29) is 17.3 Å². The third-order valence-electron chi connectivity index (χ3n) is 3.10. The van der Waals surface area contributed by atoms with Crippen molar-refractivity contribution >= 4 is 40.9 Å². The smallest absolute Gasteiger partial charge is 0.270 e. The molecule has 0 aliphatic heterocycles. The van der Waals surface area contributed by atoms with Gasteiger partial charge < -0.3 is 0 Å². The highest BCUT2D eigenvalue weighted by atomic mass is 32.2. The zero-order valence-corrected chi connectivity index (χ0v) is 15.3. The SMILES string of the molecule is O=C(CSc1nnc(-c2ccccn2)s1)N/N=C\c1cccc([N+](=O)[O-])c1. The van der Waals surface area contributed by atoms with Gasteiger partial charge in [-0.05, 0) is 12.1 Å². The maximum absolute atomic E-state index is 11.8. The monoisotopic (exact) mass is 400 g/mol. The number of aromatic nitrogens is 3. The second-order valence-corrected chi connectivity index (χ2v) is 7.22. The molecule has 0 atom stereocenters.